The topological polar surface area (TPSA) is 92.8 Å². The molecule has 0 saturated heterocycles. The van der Waals surface area contributed by atoms with Crippen molar-refractivity contribution in [3.8, 4) is 17.1 Å². The Kier molecular flexibility index (Phi) is 8.67. The van der Waals surface area contributed by atoms with Crippen LogP contribution >= 0.6 is 11.8 Å². The van der Waals surface area contributed by atoms with Gasteiger partial charge in [0.15, 0.2) is 0 Å². The van der Waals surface area contributed by atoms with E-state index in [1.807, 2.05) is 66.7 Å². The molecule has 4 aromatic rings. The molecule has 0 aliphatic carbocycles. The largest absolute Gasteiger partial charge is 0.490 e. The van der Waals surface area contributed by atoms with Crippen LogP contribution in [-0.4, -0.2) is 33.1 Å². The highest BCUT2D eigenvalue weighted by atomic mass is 32.2. The van der Waals surface area contributed by atoms with Gasteiger partial charge in [-0.3, -0.25) is 4.79 Å². The third-order valence-corrected chi connectivity index (χ3v) is 6.33. The molecule has 1 amide bonds. The van der Waals surface area contributed by atoms with Gasteiger partial charge in [-0.25, -0.2) is 0 Å². The lowest BCUT2D eigenvalue weighted by Gasteiger charge is -2.12. The number of benzene rings is 3. The Morgan fingerprint density at radius 1 is 1.00 bits per heavy atom. The normalized spacial score (nSPS) is 11.0. The van der Waals surface area contributed by atoms with Gasteiger partial charge in [-0.2, -0.15) is 5.21 Å². The number of aromatic nitrogens is 4. The van der Waals surface area contributed by atoms with E-state index in [9.17, 15) is 4.79 Å². The molecule has 3 aromatic carbocycles. The number of anilines is 1. The Balaban J connectivity index is 1.41. The molecule has 0 unspecified atom stereocenters. The quantitative estimate of drug-likeness (QED) is 0.189. The highest BCUT2D eigenvalue weighted by Gasteiger charge is 2.14. The first-order valence-corrected chi connectivity index (χ1v) is 12.3. The Labute approximate surface area is 209 Å². The minimum atomic E-state index is -0.185. The van der Waals surface area contributed by atoms with Crippen molar-refractivity contribution in [3.05, 3.63) is 90.5 Å². The Hall–Kier alpha value is -3.91. The zero-order valence-corrected chi connectivity index (χ0v) is 20.3. The Morgan fingerprint density at radius 3 is 2.54 bits per heavy atom. The standard InChI is InChI=1S/C27H27N5O2S/c1-2-3-4-5-10-19-34-21-17-15-20(16-18-21)27(33)28-23-12-7-9-14-25(23)35-24-13-8-6-11-22(24)26-29-31-32-30-26/h5-18H,2-4,19H2,1H3,(H,28,33)(H,29,30,31,32)/b10-5+. The Bertz CT molecular complexity index is 1260. The number of allylic oxidation sites excluding steroid dienone is 1. The second-order valence-electron chi connectivity index (χ2n) is 7.73. The third-order valence-electron chi connectivity index (χ3n) is 5.18. The molecule has 0 bridgehead atoms. The van der Waals surface area contributed by atoms with Crippen LogP contribution in [-0.2, 0) is 0 Å². The fourth-order valence-electron chi connectivity index (χ4n) is 3.34. The molecule has 1 aromatic heterocycles. The predicted octanol–water partition coefficient (Wildman–Crippen LogP) is 6.40. The number of hydrogen-bond acceptors (Lipinski definition) is 6. The lowest BCUT2D eigenvalue weighted by atomic mass is 10.2. The van der Waals surface area contributed by atoms with Crippen molar-refractivity contribution < 1.29 is 9.53 Å². The summed E-state index contributed by atoms with van der Waals surface area (Å²) in [6.07, 6.45) is 7.61. The summed E-state index contributed by atoms with van der Waals surface area (Å²) in [7, 11) is 0. The van der Waals surface area contributed by atoms with Gasteiger partial charge < -0.3 is 10.1 Å². The molecule has 0 aliphatic rings. The number of para-hydroxylation sites is 1. The maximum absolute atomic E-state index is 12.9. The van der Waals surface area contributed by atoms with Gasteiger partial charge in [0.1, 0.15) is 12.4 Å². The van der Waals surface area contributed by atoms with Crippen molar-refractivity contribution in [3.63, 3.8) is 0 Å². The van der Waals surface area contributed by atoms with Crippen LogP contribution in [0.1, 0.15) is 36.5 Å². The molecule has 0 atom stereocenters. The average Bonchev–Trinajstić information content (AvgIpc) is 3.43. The number of aromatic amines is 1. The number of tetrazole rings is 1. The van der Waals surface area contributed by atoms with Crippen molar-refractivity contribution >= 4 is 23.4 Å². The lowest BCUT2D eigenvalue weighted by Crippen LogP contribution is -2.12. The van der Waals surface area contributed by atoms with Gasteiger partial charge in [-0.05, 0) is 60.2 Å². The Morgan fingerprint density at radius 2 is 1.77 bits per heavy atom. The second-order valence-corrected chi connectivity index (χ2v) is 8.82. The van der Waals surface area contributed by atoms with E-state index < -0.39 is 0 Å². The third kappa shape index (κ3) is 6.80. The monoisotopic (exact) mass is 485 g/mol. The molecular weight excluding hydrogens is 458 g/mol. The SMILES string of the molecule is CCCC/C=C/COc1ccc(C(=O)Nc2ccccc2Sc2ccccc2-c2nn[nH]n2)cc1. The van der Waals surface area contributed by atoms with Crippen LogP contribution in [0.3, 0.4) is 0 Å². The fraction of sp³-hybridized carbons (Fsp3) is 0.185. The maximum Gasteiger partial charge on any atom is 0.255 e. The van der Waals surface area contributed by atoms with Crippen LogP contribution < -0.4 is 10.1 Å². The highest BCUT2D eigenvalue weighted by molar-refractivity contribution is 7.99. The number of unbranched alkanes of at least 4 members (excludes halogenated alkanes) is 2. The highest BCUT2D eigenvalue weighted by Crippen LogP contribution is 2.38. The number of nitrogens with zero attached hydrogens (tertiary/aromatic N) is 3. The summed E-state index contributed by atoms with van der Waals surface area (Å²) < 4.78 is 5.73. The van der Waals surface area contributed by atoms with E-state index >= 15 is 0 Å². The lowest BCUT2D eigenvalue weighted by molar-refractivity contribution is 0.102. The van der Waals surface area contributed by atoms with Crippen molar-refractivity contribution in [2.24, 2.45) is 0 Å². The number of carbonyl (C=O) groups excluding carboxylic acids is 1. The summed E-state index contributed by atoms with van der Waals surface area (Å²) in [4.78, 5) is 14.8. The molecule has 0 saturated carbocycles. The number of ether oxygens (including phenoxy) is 1. The van der Waals surface area contributed by atoms with Gasteiger partial charge in [0.25, 0.3) is 5.91 Å². The molecule has 0 radical (unpaired) electrons. The van der Waals surface area contributed by atoms with Crippen molar-refractivity contribution in [1.82, 2.24) is 20.6 Å². The van der Waals surface area contributed by atoms with Gasteiger partial charge in [-0.1, -0.05) is 67.9 Å². The summed E-state index contributed by atoms with van der Waals surface area (Å²) in [5.74, 6) is 1.07. The minimum Gasteiger partial charge on any atom is -0.490 e. The summed E-state index contributed by atoms with van der Waals surface area (Å²) in [6, 6.07) is 22.7. The summed E-state index contributed by atoms with van der Waals surface area (Å²) in [6.45, 7) is 2.70. The van der Waals surface area contributed by atoms with E-state index in [2.05, 4.69) is 38.9 Å². The van der Waals surface area contributed by atoms with Crippen molar-refractivity contribution in [2.45, 2.75) is 36.0 Å². The smallest absolute Gasteiger partial charge is 0.255 e. The predicted molar refractivity (Wildman–Crippen MR) is 139 cm³/mol. The van der Waals surface area contributed by atoms with Crippen molar-refractivity contribution in [1.29, 1.82) is 0 Å². The molecule has 0 aliphatic heterocycles. The average molecular weight is 486 g/mol. The number of H-pyrrole nitrogens is 1. The van der Waals surface area contributed by atoms with E-state index in [-0.39, 0.29) is 5.91 Å². The molecule has 2 N–H and O–H groups in total. The van der Waals surface area contributed by atoms with Crippen LogP contribution in [0.2, 0.25) is 0 Å². The van der Waals surface area contributed by atoms with Crippen LogP contribution in [0.5, 0.6) is 5.75 Å². The van der Waals surface area contributed by atoms with E-state index in [1.165, 1.54) is 24.6 Å². The number of hydrogen-bond donors (Lipinski definition) is 2. The van der Waals surface area contributed by atoms with Gasteiger partial charge in [-0.15, -0.1) is 10.2 Å². The van der Waals surface area contributed by atoms with Crippen molar-refractivity contribution in [2.75, 3.05) is 11.9 Å². The van der Waals surface area contributed by atoms with Crippen LogP contribution in [0.25, 0.3) is 11.4 Å². The number of carbonyl (C=O) groups is 1. The first kappa shape index (κ1) is 24.2. The molecule has 0 fully saturated rings. The second kappa shape index (κ2) is 12.5. The summed E-state index contributed by atoms with van der Waals surface area (Å²) in [5, 5.41) is 17.4. The number of rotatable bonds is 11. The molecule has 178 valence electrons. The van der Waals surface area contributed by atoms with Gasteiger partial charge in [0.2, 0.25) is 5.82 Å². The first-order valence-electron chi connectivity index (χ1n) is 11.5. The van der Waals surface area contributed by atoms with Gasteiger partial charge in [0.05, 0.1) is 5.69 Å². The van der Waals surface area contributed by atoms with E-state index in [4.69, 9.17) is 4.74 Å². The molecular formula is C27H27N5O2S. The van der Waals surface area contributed by atoms with Crippen LogP contribution in [0, 0.1) is 0 Å². The van der Waals surface area contributed by atoms with E-state index in [1.54, 1.807) is 12.1 Å². The van der Waals surface area contributed by atoms with E-state index in [0.717, 1.165) is 33.2 Å². The van der Waals surface area contributed by atoms with Crippen LogP contribution in [0.4, 0.5) is 5.69 Å². The number of nitrogens with one attached hydrogen (secondary N) is 2. The molecule has 1 heterocycles. The van der Waals surface area contributed by atoms with E-state index in [0.29, 0.717) is 18.0 Å². The summed E-state index contributed by atoms with van der Waals surface area (Å²) in [5.41, 5.74) is 2.15. The molecule has 4 rings (SSSR count). The molecule has 7 nitrogen and oxygen atoms in total. The minimum absolute atomic E-state index is 0.185. The zero-order chi connectivity index (χ0) is 24.3. The molecule has 8 heteroatoms. The first-order chi connectivity index (χ1) is 17.2. The fourth-order valence-corrected chi connectivity index (χ4v) is 4.37. The van der Waals surface area contributed by atoms with Crippen LogP contribution in [0.15, 0.2) is 94.7 Å². The van der Waals surface area contributed by atoms with Gasteiger partial charge in [0, 0.05) is 20.9 Å². The number of amides is 1. The molecule has 35 heavy (non-hydrogen) atoms. The molecule has 0 spiro atoms. The zero-order valence-electron chi connectivity index (χ0n) is 19.5. The van der Waals surface area contributed by atoms with Gasteiger partial charge >= 0.3 is 0 Å². The summed E-state index contributed by atoms with van der Waals surface area (Å²) >= 11 is 1.53. The maximum atomic E-state index is 12.9.